The second kappa shape index (κ2) is 5.27. The lowest BCUT2D eigenvalue weighted by Crippen LogP contribution is -2.17. The summed E-state index contributed by atoms with van der Waals surface area (Å²) in [5.74, 6) is 0.405. The van der Waals surface area contributed by atoms with Crippen molar-refractivity contribution in [2.45, 2.75) is 20.0 Å². The van der Waals surface area contributed by atoms with E-state index in [1.807, 2.05) is 32.8 Å². The molecule has 0 atom stereocenters. The summed E-state index contributed by atoms with van der Waals surface area (Å²) in [7, 11) is 5.37. The quantitative estimate of drug-likeness (QED) is 0.858. The molecule has 96 valence electrons. The van der Waals surface area contributed by atoms with Gasteiger partial charge in [-0.3, -0.25) is 4.79 Å². The van der Waals surface area contributed by atoms with Crippen LogP contribution >= 0.6 is 11.3 Å². The fourth-order valence-corrected chi connectivity index (χ4v) is 2.37. The second-order valence-corrected chi connectivity index (χ2v) is 5.12. The van der Waals surface area contributed by atoms with Crippen LogP contribution in [0.3, 0.4) is 0 Å². The van der Waals surface area contributed by atoms with Crippen molar-refractivity contribution >= 4 is 27.9 Å². The maximum Gasteiger partial charge on any atom is 0.263 e. The number of nitrogens with two attached hydrogens (primary N) is 1. The fraction of sp³-hybridized carbons (Fsp3) is 0.545. The zero-order chi connectivity index (χ0) is 13.2. The Balaban J connectivity index is 3.25. The van der Waals surface area contributed by atoms with E-state index in [0.29, 0.717) is 16.3 Å². The molecule has 1 aromatic rings. The van der Waals surface area contributed by atoms with E-state index in [9.17, 15) is 4.79 Å². The van der Waals surface area contributed by atoms with Gasteiger partial charge in [0.1, 0.15) is 15.6 Å². The average Bonchev–Trinajstić information content (AvgIpc) is 2.55. The highest BCUT2D eigenvalue weighted by atomic mass is 32.1. The van der Waals surface area contributed by atoms with Gasteiger partial charge in [0, 0.05) is 21.1 Å². The minimum atomic E-state index is -0.186. The Morgan fingerprint density at radius 1 is 1.47 bits per heavy atom. The van der Waals surface area contributed by atoms with E-state index in [-0.39, 0.29) is 12.0 Å². The minimum Gasteiger partial charge on any atom is -0.486 e. The van der Waals surface area contributed by atoms with Crippen molar-refractivity contribution in [2.75, 3.05) is 31.8 Å². The van der Waals surface area contributed by atoms with Gasteiger partial charge in [0.15, 0.2) is 5.75 Å². The van der Waals surface area contributed by atoms with Gasteiger partial charge in [-0.25, -0.2) is 0 Å². The van der Waals surface area contributed by atoms with Crippen molar-refractivity contribution in [3.63, 3.8) is 0 Å². The number of thiophene rings is 1. The van der Waals surface area contributed by atoms with E-state index < -0.39 is 0 Å². The Morgan fingerprint density at radius 3 is 2.47 bits per heavy atom. The molecule has 1 amide bonds. The van der Waals surface area contributed by atoms with E-state index in [4.69, 9.17) is 10.5 Å². The molecular formula is C11H19N3O2S. The number of carbonyl (C=O) groups is 1. The molecule has 1 rings (SSSR count). The minimum absolute atomic E-state index is 0.0168. The summed E-state index contributed by atoms with van der Waals surface area (Å²) >= 11 is 1.33. The highest BCUT2D eigenvalue weighted by Gasteiger charge is 2.23. The van der Waals surface area contributed by atoms with Crippen molar-refractivity contribution in [2.24, 2.45) is 0 Å². The summed E-state index contributed by atoms with van der Waals surface area (Å²) in [6.07, 6.45) is 0.0168. The van der Waals surface area contributed by atoms with Crippen LogP contribution in [0.1, 0.15) is 23.5 Å². The third kappa shape index (κ3) is 2.82. The monoisotopic (exact) mass is 257 g/mol. The van der Waals surface area contributed by atoms with E-state index in [1.54, 1.807) is 7.05 Å². The molecule has 0 fully saturated rings. The number of nitrogen functional groups attached to an aromatic ring is 1. The summed E-state index contributed by atoms with van der Waals surface area (Å²) in [5, 5.41) is 3.43. The molecule has 0 aliphatic heterocycles. The molecule has 0 radical (unpaired) electrons. The number of nitrogens with zero attached hydrogens (tertiary/aromatic N) is 1. The van der Waals surface area contributed by atoms with E-state index in [1.165, 1.54) is 11.3 Å². The maximum absolute atomic E-state index is 11.7. The smallest absolute Gasteiger partial charge is 0.263 e. The van der Waals surface area contributed by atoms with Gasteiger partial charge >= 0.3 is 0 Å². The van der Waals surface area contributed by atoms with E-state index >= 15 is 0 Å². The molecule has 0 spiro atoms. The first-order valence-corrected chi connectivity index (χ1v) is 6.18. The highest BCUT2D eigenvalue weighted by Crippen LogP contribution is 2.44. The molecule has 1 heterocycles. The van der Waals surface area contributed by atoms with Gasteiger partial charge in [-0.05, 0) is 13.8 Å². The van der Waals surface area contributed by atoms with Gasteiger partial charge < -0.3 is 20.7 Å². The van der Waals surface area contributed by atoms with Crippen molar-refractivity contribution in [3.8, 4) is 5.75 Å². The number of nitrogens with one attached hydrogen (secondary N) is 1. The number of hydrogen-bond donors (Lipinski definition) is 2. The third-order valence-electron chi connectivity index (χ3n) is 2.08. The SMILES string of the molecule is CNC(=O)c1sc(N(C)C)c(OC(C)C)c1N. The number of rotatable bonds is 4. The van der Waals surface area contributed by atoms with Crippen LogP contribution in [-0.4, -0.2) is 33.2 Å². The van der Waals surface area contributed by atoms with Gasteiger partial charge in [-0.15, -0.1) is 11.3 Å². The maximum atomic E-state index is 11.7. The molecule has 0 aliphatic carbocycles. The number of ether oxygens (including phenoxy) is 1. The summed E-state index contributed by atoms with van der Waals surface area (Å²) in [6, 6.07) is 0. The predicted molar refractivity (Wildman–Crippen MR) is 72.2 cm³/mol. The third-order valence-corrected chi connectivity index (χ3v) is 3.43. The van der Waals surface area contributed by atoms with Gasteiger partial charge in [0.05, 0.1) is 6.10 Å². The lowest BCUT2D eigenvalue weighted by molar-refractivity contribution is 0.0967. The number of anilines is 2. The van der Waals surface area contributed by atoms with Crippen LogP contribution in [0, 0.1) is 0 Å². The summed E-state index contributed by atoms with van der Waals surface area (Å²) in [5.41, 5.74) is 6.37. The van der Waals surface area contributed by atoms with E-state index in [0.717, 1.165) is 5.00 Å². The molecule has 1 aromatic heterocycles. The van der Waals surface area contributed by atoms with E-state index in [2.05, 4.69) is 5.32 Å². The first-order valence-electron chi connectivity index (χ1n) is 5.36. The van der Waals surface area contributed by atoms with Crippen LogP contribution in [0.5, 0.6) is 5.75 Å². The summed E-state index contributed by atoms with van der Waals surface area (Å²) in [4.78, 5) is 14.0. The molecule has 5 nitrogen and oxygen atoms in total. The van der Waals surface area contributed by atoms with Crippen LogP contribution < -0.4 is 20.7 Å². The largest absolute Gasteiger partial charge is 0.486 e. The summed E-state index contributed by atoms with van der Waals surface area (Å²) < 4.78 is 5.68. The molecule has 6 heteroatoms. The standard InChI is InChI=1S/C11H19N3O2S/c1-6(2)16-8-7(12)9(10(15)13-3)17-11(8)14(4)5/h6H,12H2,1-5H3,(H,13,15). The fourth-order valence-electron chi connectivity index (χ4n) is 1.34. The van der Waals surface area contributed by atoms with Gasteiger partial charge in [0.25, 0.3) is 5.91 Å². The van der Waals surface area contributed by atoms with Crippen LogP contribution in [0.15, 0.2) is 0 Å². The van der Waals surface area contributed by atoms with Crippen LogP contribution in [0.2, 0.25) is 0 Å². The number of amides is 1. The normalized spacial score (nSPS) is 10.5. The molecule has 3 N–H and O–H groups in total. The molecule has 0 aliphatic rings. The summed E-state index contributed by atoms with van der Waals surface area (Å²) in [6.45, 7) is 3.85. The molecule has 0 unspecified atom stereocenters. The first-order chi connectivity index (χ1) is 7.88. The van der Waals surface area contributed by atoms with Gasteiger partial charge in [-0.1, -0.05) is 0 Å². The second-order valence-electron chi connectivity index (χ2n) is 4.12. The Morgan fingerprint density at radius 2 is 2.06 bits per heavy atom. The highest BCUT2D eigenvalue weighted by molar-refractivity contribution is 7.19. The van der Waals surface area contributed by atoms with Crippen molar-refractivity contribution in [1.82, 2.24) is 5.32 Å². The topological polar surface area (TPSA) is 67.6 Å². The zero-order valence-corrected chi connectivity index (χ0v) is 11.6. The van der Waals surface area contributed by atoms with Gasteiger partial charge in [-0.2, -0.15) is 0 Å². The molecular weight excluding hydrogens is 238 g/mol. The van der Waals surface area contributed by atoms with Crippen LogP contribution in [0.4, 0.5) is 10.7 Å². The average molecular weight is 257 g/mol. The van der Waals surface area contributed by atoms with Crippen molar-refractivity contribution < 1.29 is 9.53 Å². The lowest BCUT2D eigenvalue weighted by atomic mass is 10.3. The molecule has 0 saturated carbocycles. The zero-order valence-electron chi connectivity index (χ0n) is 10.8. The number of hydrogen-bond acceptors (Lipinski definition) is 5. The first kappa shape index (κ1) is 13.6. The molecule has 0 aromatic carbocycles. The van der Waals surface area contributed by atoms with Gasteiger partial charge in [0.2, 0.25) is 0 Å². The van der Waals surface area contributed by atoms with Crippen LogP contribution in [-0.2, 0) is 0 Å². The predicted octanol–water partition coefficient (Wildman–Crippen LogP) is 1.54. The Labute approximate surface area is 106 Å². The Bertz CT molecular complexity index is 413. The van der Waals surface area contributed by atoms with Crippen molar-refractivity contribution in [3.05, 3.63) is 4.88 Å². The molecule has 0 saturated heterocycles. The number of carbonyl (C=O) groups excluding carboxylic acids is 1. The Hall–Kier alpha value is -1.43. The van der Waals surface area contributed by atoms with Crippen LogP contribution in [0.25, 0.3) is 0 Å². The molecule has 17 heavy (non-hydrogen) atoms. The lowest BCUT2D eigenvalue weighted by Gasteiger charge is -2.15. The molecule has 0 bridgehead atoms. The van der Waals surface area contributed by atoms with Crippen molar-refractivity contribution in [1.29, 1.82) is 0 Å². The Kier molecular flexibility index (Phi) is 4.22.